The van der Waals surface area contributed by atoms with Crippen LogP contribution in [0.15, 0.2) is 30.3 Å². The van der Waals surface area contributed by atoms with Crippen molar-refractivity contribution in [2.24, 2.45) is 0 Å². The van der Waals surface area contributed by atoms with Crippen LogP contribution in [0.25, 0.3) is 0 Å². The second kappa shape index (κ2) is 7.44. The van der Waals surface area contributed by atoms with Gasteiger partial charge in [0.25, 0.3) is 0 Å². The van der Waals surface area contributed by atoms with E-state index in [2.05, 4.69) is 5.32 Å². The fourth-order valence-electron chi connectivity index (χ4n) is 1.90. The van der Waals surface area contributed by atoms with Gasteiger partial charge in [-0.2, -0.15) is 0 Å². The molecule has 0 aromatic heterocycles. The summed E-state index contributed by atoms with van der Waals surface area (Å²) in [7, 11) is 0. The molecule has 0 saturated heterocycles. The lowest BCUT2D eigenvalue weighted by atomic mass is 10.0. The van der Waals surface area contributed by atoms with Crippen LogP contribution in [-0.4, -0.2) is 39.6 Å². The SMILES string of the molecule is CC(C)(C)ON(C=O)C(C)(C)C(=O)NC(C(=O)O)c1ccccc1. The third kappa shape index (κ3) is 5.06. The van der Waals surface area contributed by atoms with Crippen LogP contribution in [0.5, 0.6) is 0 Å². The summed E-state index contributed by atoms with van der Waals surface area (Å²) in [6.07, 6.45) is 0.406. The van der Waals surface area contributed by atoms with Crippen molar-refractivity contribution in [3.05, 3.63) is 35.9 Å². The van der Waals surface area contributed by atoms with Crippen LogP contribution in [0.3, 0.4) is 0 Å². The lowest BCUT2D eigenvalue weighted by Gasteiger charge is -2.37. The first-order chi connectivity index (χ1) is 11.0. The van der Waals surface area contributed by atoms with E-state index in [-0.39, 0.29) is 0 Å². The summed E-state index contributed by atoms with van der Waals surface area (Å²) in [6, 6.07) is 7.11. The fourth-order valence-corrected chi connectivity index (χ4v) is 1.90. The molecule has 0 aliphatic carbocycles. The van der Waals surface area contributed by atoms with Crippen molar-refractivity contribution < 1.29 is 24.3 Å². The molecule has 0 bridgehead atoms. The van der Waals surface area contributed by atoms with Crippen molar-refractivity contribution in [1.29, 1.82) is 0 Å². The van der Waals surface area contributed by atoms with E-state index in [1.807, 2.05) is 0 Å². The Hall–Kier alpha value is -2.41. The van der Waals surface area contributed by atoms with E-state index < -0.39 is 29.1 Å². The molecule has 0 aliphatic heterocycles. The zero-order valence-electron chi connectivity index (χ0n) is 14.6. The quantitative estimate of drug-likeness (QED) is 0.585. The molecule has 0 fully saturated rings. The Morgan fingerprint density at radius 1 is 1.17 bits per heavy atom. The van der Waals surface area contributed by atoms with E-state index in [9.17, 15) is 19.5 Å². The molecule has 0 saturated carbocycles. The number of carboxylic acids is 1. The van der Waals surface area contributed by atoms with Crippen molar-refractivity contribution in [2.45, 2.75) is 51.8 Å². The molecule has 1 aromatic carbocycles. The van der Waals surface area contributed by atoms with E-state index in [4.69, 9.17) is 4.84 Å². The van der Waals surface area contributed by atoms with Crippen molar-refractivity contribution in [1.82, 2.24) is 10.4 Å². The molecule has 1 aromatic rings. The van der Waals surface area contributed by atoms with E-state index in [0.717, 1.165) is 5.06 Å². The maximum Gasteiger partial charge on any atom is 0.330 e. The van der Waals surface area contributed by atoms with Crippen molar-refractivity contribution in [3.63, 3.8) is 0 Å². The number of aliphatic carboxylic acids is 1. The Bertz CT molecular complexity index is 593. The van der Waals surface area contributed by atoms with Crippen LogP contribution < -0.4 is 5.32 Å². The normalized spacial score (nSPS) is 13.0. The minimum atomic E-state index is -1.39. The number of hydroxylamine groups is 2. The molecule has 7 heteroatoms. The molecule has 0 heterocycles. The van der Waals surface area contributed by atoms with Crippen LogP contribution in [0.2, 0.25) is 0 Å². The monoisotopic (exact) mass is 336 g/mol. The van der Waals surface area contributed by atoms with Gasteiger partial charge < -0.3 is 10.4 Å². The summed E-state index contributed by atoms with van der Waals surface area (Å²) in [5.41, 5.74) is -1.65. The number of carbonyl (C=O) groups is 3. The molecule has 7 nitrogen and oxygen atoms in total. The minimum Gasteiger partial charge on any atom is -0.479 e. The van der Waals surface area contributed by atoms with Crippen LogP contribution in [0.1, 0.15) is 46.2 Å². The van der Waals surface area contributed by atoms with E-state index in [1.165, 1.54) is 13.8 Å². The topological polar surface area (TPSA) is 95.9 Å². The van der Waals surface area contributed by atoms with Gasteiger partial charge in [0.1, 0.15) is 5.54 Å². The molecular formula is C17H24N2O5. The predicted octanol–water partition coefficient (Wildman–Crippen LogP) is 1.90. The number of hydrogen-bond acceptors (Lipinski definition) is 4. The smallest absolute Gasteiger partial charge is 0.330 e. The highest BCUT2D eigenvalue weighted by molar-refractivity contribution is 5.91. The van der Waals surface area contributed by atoms with Gasteiger partial charge in [0.2, 0.25) is 12.3 Å². The maximum atomic E-state index is 12.6. The summed E-state index contributed by atoms with van der Waals surface area (Å²) in [5.74, 6) is -1.84. The number of rotatable bonds is 7. The molecule has 0 aliphatic rings. The van der Waals surface area contributed by atoms with Gasteiger partial charge in [-0.15, -0.1) is 0 Å². The van der Waals surface area contributed by atoms with E-state index in [0.29, 0.717) is 12.0 Å². The Labute approximate surface area is 141 Å². The third-order valence-electron chi connectivity index (χ3n) is 3.23. The van der Waals surface area contributed by atoms with Gasteiger partial charge in [-0.25, -0.2) is 9.86 Å². The number of benzene rings is 1. The Morgan fingerprint density at radius 3 is 2.12 bits per heavy atom. The molecule has 1 atom stereocenters. The highest BCUT2D eigenvalue weighted by Gasteiger charge is 2.39. The summed E-state index contributed by atoms with van der Waals surface area (Å²) in [4.78, 5) is 40.9. The van der Waals surface area contributed by atoms with Crippen LogP contribution in [-0.2, 0) is 19.2 Å². The van der Waals surface area contributed by atoms with Gasteiger partial charge >= 0.3 is 5.97 Å². The summed E-state index contributed by atoms with van der Waals surface area (Å²) >= 11 is 0. The molecule has 24 heavy (non-hydrogen) atoms. The first kappa shape index (κ1) is 19.6. The first-order valence-electron chi connectivity index (χ1n) is 7.51. The molecule has 0 spiro atoms. The lowest BCUT2D eigenvalue weighted by molar-refractivity contribution is -0.247. The van der Waals surface area contributed by atoms with Crippen molar-refractivity contribution >= 4 is 18.3 Å². The molecule has 2 amide bonds. The van der Waals surface area contributed by atoms with Gasteiger partial charge in [0, 0.05) is 0 Å². The third-order valence-corrected chi connectivity index (χ3v) is 3.23. The number of carboxylic acid groups (broad SMARTS) is 1. The number of hydrogen-bond donors (Lipinski definition) is 2. The molecular weight excluding hydrogens is 312 g/mol. The van der Waals surface area contributed by atoms with Crippen LogP contribution in [0, 0.1) is 0 Å². The van der Waals surface area contributed by atoms with Gasteiger partial charge in [0.05, 0.1) is 5.60 Å². The summed E-state index contributed by atoms with van der Waals surface area (Å²) in [6.45, 7) is 8.17. The van der Waals surface area contributed by atoms with Crippen molar-refractivity contribution in [2.75, 3.05) is 0 Å². The zero-order chi connectivity index (χ0) is 18.5. The zero-order valence-corrected chi connectivity index (χ0v) is 14.6. The largest absolute Gasteiger partial charge is 0.479 e. The summed E-state index contributed by atoms with van der Waals surface area (Å²) < 4.78 is 0. The van der Waals surface area contributed by atoms with E-state index >= 15 is 0 Å². The molecule has 0 radical (unpaired) electrons. The number of carbonyl (C=O) groups excluding carboxylic acids is 2. The highest BCUT2D eigenvalue weighted by atomic mass is 16.7. The Balaban J connectivity index is 3.01. The van der Waals surface area contributed by atoms with Crippen LogP contribution >= 0.6 is 0 Å². The molecule has 132 valence electrons. The molecule has 2 N–H and O–H groups in total. The Kier molecular flexibility index (Phi) is 6.09. The van der Waals surface area contributed by atoms with Crippen LogP contribution in [0.4, 0.5) is 0 Å². The first-order valence-corrected chi connectivity index (χ1v) is 7.51. The summed E-state index contributed by atoms with van der Waals surface area (Å²) in [5, 5.41) is 12.7. The number of nitrogens with one attached hydrogen (secondary N) is 1. The predicted molar refractivity (Wildman–Crippen MR) is 87.8 cm³/mol. The second-order valence-electron chi connectivity index (χ2n) is 6.85. The van der Waals surface area contributed by atoms with Gasteiger partial charge in [0.15, 0.2) is 6.04 Å². The average molecular weight is 336 g/mol. The average Bonchev–Trinajstić information content (AvgIpc) is 2.49. The second-order valence-corrected chi connectivity index (χ2v) is 6.85. The fraction of sp³-hybridized carbons (Fsp3) is 0.471. The van der Waals surface area contributed by atoms with E-state index in [1.54, 1.807) is 51.1 Å². The maximum absolute atomic E-state index is 12.6. The standard InChI is InChI=1S/C17H24N2O5/c1-16(2,3)24-19(11-20)17(4,5)15(23)18-13(14(21)22)12-9-7-6-8-10-12/h6-11,13H,1-5H3,(H,18,23)(H,21,22). The van der Waals surface area contributed by atoms with Gasteiger partial charge in [-0.3, -0.25) is 14.4 Å². The van der Waals surface area contributed by atoms with Crippen molar-refractivity contribution in [3.8, 4) is 0 Å². The minimum absolute atomic E-state index is 0.406. The lowest BCUT2D eigenvalue weighted by Crippen LogP contribution is -2.57. The number of nitrogens with zero attached hydrogens (tertiary/aromatic N) is 1. The van der Waals surface area contributed by atoms with Gasteiger partial charge in [-0.1, -0.05) is 30.3 Å². The number of amides is 2. The van der Waals surface area contributed by atoms with Gasteiger partial charge in [-0.05, 0) is 40.2 Å². The Morgan fingerprint density at radius 2 is 1.71 bits per heavy atom. The highest BCUT2D eigenvalue weighted by Crippen LogP contribution is 2.21. The molecule has 1 unspecified atom stereocenters. The molecule has 1 rings (SSSR count).